The van der Waals surface area contributed by atoms with Crippen molar-refractivity contribution in [3.63, 3.8) is 0 Å². The lowest BCUT2D eigenvalue weighted by molar-refractivity contribution is 0.0695. The van der Waals surface area contributed by atoms with Crippen LogP contribution < -0.4 is 0 Å². The summed E-state index contributed by atoms with van der Waals surface area (Å²) >= 11 is 3.24. The largest absolute Gasteiger partial charge is 0.478 e. The first-order valence-electron chi connectivity index (χ1n) is 6.79. The van der Waals surface area contributed by atoms with Crippen molar-refractivity contribution < 1.29 is 18.3 Å². The molecule has 0 bridgehead atoms. The average molecular weight is 378 g/mol. The molecule has 0 spiro atoms. The van der Waals surface area contributed by atoms with Crippen LogP contribution in [0.3, 0.4) is 0 Å². The molecule has 0 atom stereocenters. The third-order valence-corrected chi connectivity index (χ3v) is 5.83. The number of carboxylic acid groups (broad SMARTS) is 1. The van der Waals surface area contributed by atoms with Gasteiger partial charge in [-0.2, -0.15) is 4.31 Å². The number of hydrogen-bond acceptors (Lipinski definition) is 3. The van der Waals surface area contributed by atoms with E-state index in [1.165, 1.54) is 16.4 Å². The van der Waals surface area contributed by atoms with Gasteiger partial charge >= 0.3 is 5.97 Å². The van der Waals surface area contributed by atoms with Gasteiger partial charge in [-0.15, -0.1) is 0 Å². The molecule has 21 heavy (non-hydrogen) atoms. The van der Waals surface area contributed by atoms with E-state index in [1.807, 2.05) is 13.8 Å². The first kappa shape index (κ1) is 18.1. The van der Waals surface area contributed by atoms with E-state index >= 15 is 0 Å². The summed E-state index contributed by atoms with van der Waals surface area (Å²) in [4.78, 5) is 11.3. The number of halogens is 1. The van der Waals surface area contributed by atoms with Crippen LogP contribution in [0.15, 0.2) is 21.5 Å². The average Bonchev–Trinajstić information content (AvgIpc) is 2.40. The van der Waals surface area contributed by atoms with Crippen LogP contribution in [0.25, 0.3) is 0 Å². The van der Waals surface area contributed by atoms with E-state index in [9.17, 15) is 18.3 Å². The predicted octanol–water partition coefficient (Wildman–Crippen LogP) is 3.27. The summed E-state index contributed by atoms with van der Waals surface area (Å²) in [6.07, 6.45) is 1.41. The Bertz CT molecular complexity index is 622. The normalized spacial score (nSPS) is 11.9. The van der Waals surface area contributed by atoms with Gasteiger partial charge in [0.25, 0.3) is 0 Å². The third-order valence-electron chi connectivity index (χ3n) is 3.13. The fourth-order valence-electron chi connectivity index (χ4n) is 2.03. The van der Waals surface area contributed by atoms with Gasteiger partial charge in [-0.05, 0) is 37.5 Å². The lowest BCUT2D eigenvalue weighted by Crippen LogP contribution is -2.32. The third kappa shape index (κ3) is 4.05. The second-order valence-corrected chi connectivity index (χ2v) is 7.58. The number of sulfonamides is 1. The van der Waals surface area contributed by atoms with E-state index in [4.69, 9.17) is 0 Å². The van der Waals surface area contributed by atoms with Crippen LogP contribution in [0.1, 0.15) is 42.6 Å². The zero-order chi connectivity index (χ0) is 16.2. The molecule has 7 heteroatoms. The minimum absolute atomic E-state index is 0.00380. The van der Waals surface area contributed by atoms with Crippen LogP contribution in [-0.2, 0) is 10.0 Å². The van der Waals surface area contributed by atoms with Crippen molar-refractivity contribution >= 4 is 31.9 Å². The van der Waals surface area contributed by atoms with Crippen LogP contribution in [0.2, 0.25) is 0 Å². The van der Waals surface area contributed by atoms with Crippen molar-refractivity contribution in [2.45, 2.75) is 38.5 Å². The van der Waals surface area contributed by atoms with Crippen molar-refractivity contribution in [2.75, 3.05) is 13.1 Å². The second-order valence-electron chi connectivity index (χ2n) is 4.79. The highest BCUT2D eigenvalue weighted by molar-refractivity contribution is 9.10. The molecule has 0 radical (unpaired) electrons. The van der Waals surface area contributed by atoms with Gasteiger partial charge in [-0.1, -0.05) is 29.8 Å². The number of benzene rings is 1. The van der Waals surface area contributed by atoms with Gasteiger partial charge in [0.1, 0.15) is 0 Å². The maximum atomic E-state index is 12.7. The molecule has 1 aromatic carbocycles. The van der Waals surface area contributed by atoms with Gasteiger partial charge in [0, 0.05) is 17.6 Å². The van der Waals surface area contributed by atoms with E-state index in [2.05, 4.69) is 15.9 Å². The first-order valence-corrected chi connectivity index (χ1v) is 9.02. The lowest BCUT2D eigenvalue weighted by Gasteiger charge is -2.21. The summed E-state index contributed by atoms with van der Waals surface area (Å²) in [5, 5.41) is 9.20. The molecule has 0 unspecified atom stereocenters. The zero-order valence-corrected chi connectivity index (χ0v) is 14.8. The van der Waals surface area contributed by atoms with Crippen molar-refractivity contribution in [3.8, 4) is 0 Å². The van der Waals surface area contributed by atoms with Gasteiger partial charge < -0.3 is 5.11 Å². The van der Waals surface area contributed by atoms with Crippen LogP contribution in [0.5, 0.6) is 0 Å². The minimum Gasteiger partial charge on any atom is -0.478 e. The number of hydrogen-bond donors (Lipinski definition) is 1. The molecule has 1 N–H and O–H groups in total. The smallest absolute Gasteiger partial charge is 0.336 e. The van der Waals surface area contributed by atoms with Crippen molar-refractivity contribution in [1.29, 1.82) is 0 Å². The maximum Gasteiger partial charge on any atom is 0.336 e. The molecular weight excluding hydrogens is 358 g/mol. The fraction of sp³-hybridized carbons (Fsp3) is 0.500. The Morgan fingerprint density at radius 1 is 1.24 bits per heavy atom. The number of rotatable bonds is 7. The Hall–Kier alpha value is -0.920. The SMILES string of the molecule is CCCN(CCC)S(=O)(=O)c1cc(Br)c(C)c(C(=O)O)c1. The topological polar surface area (TPSA) is 74.7 Å². The van der Waals surface area contributed by atoms with Gasteiger partial charge in [-0.3, -0.25) is 0 Å². The molecule has 0 amide bonds. The molecule has 0 aliphatic heterocycles. The number of nitrogens with zero attached hydrogens (tertiary/aromatic N) is 1. The molecule has 1 aromatic rings. The number of aromatic carboxylic acids is 1. The lowest BCUT2D eigenvalue weighted by atomic mass is 10.1. The van der Waals surface area contributed by atoms with Gasteiger partial charge in [0.15, 0.2) is 0 Å². The van der Waals surface area contributed by atoms with Crippen LogP contribution in [0.4, 0.5) is 0 Å². The quantitative estimate of drug-likeness (QED) is 0.790. The Morgan fingerprint density at radius 3 is 2.19 bits per heavy atom. The second kappa shape index (κ2) is 7.38. The maximum absolute atomic E-state index is 12.7. The minimum atomic E-state index is -3.68. The number of carbonyl (C=O) groups is 1. The molecular formula is C14H20BrNO4S. The van der Waals surface area contributed by atoms with Crippen molar-refractivity contribution in [1.82, 2.24) is 4.31 Å². The van der Waals surface area contributed by atoms with E-state index in [0.717, 1.165) is 0 Å². The molecule has 0 aliphatic carbocycles. The first-order chi connectivity index (χ1) is 9.75. The Labute approximate surface area is 134 Å². The van der Waals surface area contributed by atoms with Crippen LogP contribution in [0, 0.1) is 6.92 Å². The molecule has 1 rings (SSSR count). The molecule has 5 nitrogen and oxygen atoms in total. The Kier molecular flexibility index (Phi) is 6.37. The van der Waals surface area contributed by atoms with E-state index in [-0.39, 0.29) is 10.5 Å². The van der Waals surface area contributed by atoms with Crippen molar-refractivity contribution in [3.05, 3.63) is 27.7 Å². The van der Waals surface area contributed by atoms with Gasteiger partial charge in [0.05, 0.1) is 10.5 Å². The van der Waals surface area contributed by atoms with Crippen LogP contribution >= 0.6 is 15.9 Å². The predicted molar refractivity (Wildman–Crippen MR) is 85.2 cm³/mol. The van der Waals surface area contributed by atoms with Crippen molar-refractivity contribution in [2.24, 2.45) is 0 Å². The van der Waals surface area contributed by atoms with E-state index in [0.29, 0.717) is 36.0 Å². The molecule has 0 saturated heterocycles. The molecule has 118 valence electrons. The fourth-order valence-corrected chi connectivity index (χ4v) is 4.31. The summed E-state index contributed by atoms with van der Waals surface area (Å²) < 4.78 is 27.2. The molecule has 0 fully saturated rings. The Balaban J connectivity index is 3.40. The summed E-state index contributed by atoms with van der Waals surface area (Å²) in [7, 11) is -3.68. The number of carboxylic acids is 1. The molecule has 0 aromatic heterocycles. The Morgan fingerprint density at radius 2 is 1.76 bits per heavy atom. The molecule has 0 saturated carbocycles. The summed E-state index contributed by atoms with van der Waals surface area (Å²) in [6, 6.07) is 2.70. The molecule has 0 aliphatic rings. The monoisotopic (exact) mass is 377 g/mol. The summed E-state index contributed by atoms with van der Waals surface area (Å²) in [5.74, 6) is -1.14. The van der Waals surface area contributed by atoms with Gasteiger partial charge in [0.2, 0.25) is 10.0 Å². The molecule has 0 heterocycles. The summed E-state index contributed by atoms with van der Waals surface area (Å²) in [6.45, 7) is 6.30. The highest BCUT2D eigenvalue weighted by Crippen LogP contribution is 2.27. The highest BCUT2D eigenvalue weighted by atomic mass is 79.9. The highest BCUT2D eigenvalue weighted by Gasteiger charge is 2.25. The zero-order valence-electron chi connectivity index (χ0n) is 12.4. The van der Waals surface area contributed by atoms with E-state index in [1.54, 1.807) is 6.92 Å². The van der Waals surface area contributed by atoms with Gasteiger partial charge in [-0.25, -0.2) is 13.2 Å². The summed E-state index contributed by atoms with van der Waals surface area (Å²) in [5.41, 5.74) is 0.509. The van der Waals surface area contributed by atoms with E-state index < -0.39 is 16.0 Å². The standard InChI is InChI=1S/C14H20BrNO4S/c1-4-6-16(7-5-2)21(19,20)11-8-12(14(17)18)10(3)13(15)9-11/h8-9H,4-7H2,1-3H3,(H,17,18). The van der Waals surface area contributed by atoms with Crippen LogP contribution in [-0.4, -0.2) is 36.9 Å².